The first-order valence-corrected chi connectivity index (χ1v) is 47.7. The molecule has 18 aromatic carbocycles. The molecule has 0 fully saturated rings. The van der Waals surface area contributed by atoms with E-state index in [1.807, 2.05) is 170 Å². The normalized spacial score (nSPS) is 13.1. The average Bonchev–Trinajstić information content (AvgIpc) is 1.54. The Morgan fingerprint density at radius 1 is 0.207 bits per heavy atom. The molecule has 140 heavy (non-hydrogen) atoms. The fourth-order valence-corrected chi connectivity index (χ4v) is 22.1. The van der Waals surface area contributed by atoms with Crippen LogP contribution in [0.3, 0.4) is 0 Å². The molecule has 0 bridgehead atoms. The Hall–Kier alpha value is -18.1. The molecule has 6 heterocycles. The van der Waals surface area contributed by atoms with Crippen LogP contribution >= 0.6 is 0 Å². The molecule has 24 aromatic rings. The predicted molar refractivity (Wildman–Crippen MR) is 571 cm³/mol. The molecule has 0 amide bonds. The minimum Gasteiger partial charge on any atom is -0.309 e. The summed E-state index contributed by atoms with van der Waals surface area (Å²) in [6.07, 6.45) is 0. The lowest BCUT2D eigenvalue weighted by atomic mass is 9.81. The van der Waals surface area contributed by atoms with Gasteiger partial charge in [-0.1, -0.05) is 393 Å². The van der Waals surface area contributed by atoms with Crippen molar-refractivity contribution >= 4 is 65.4 Å². The van der Waals surface area contributed by atoms with Crippen molar-refractivity contribution < 1.29 is 0 Å². The van der Waals surface area contributed by atoms with E-state index < -0.39 is 0 Å². The van der Waals surface area contributed by atoms with Crippen molar-refractivity contribution in [2.75, 3.05) is 0 Å². The van der Waals surface area contributed by atoms with Crippen molar-refractivity contribution in [3.8, 4) is 159 Å². The first-order valence-electron chi connectivity index (χ1n) is 47.7. The molecule has 0 aliphatic heterocycles. The highest BCUT2D eigenvalue weighted by Crippen LogP contribution is 2.57. The second kappa shape index (κ2) is 33.5. The van der Waals surface area contributed by atoms with Crippen molar-refractivity contribution in [2.45, 2.75) is 57.8 Å². The van der Waals surface area contributed by atoms with Gasteiger partial charge >= 0.3 is 0 Å². The fraction of sp³-hybridized carbons (Fsp3) is 0.0703. The minimum absolute atomic E-state index is 0.103. The van der Waals surface area contributed by atoms with Gasteiger partial charge in [-0.3, -0.25) is 0 Å². The largest absolute Gasteiger partial charge is 0.309 e. The maximum atomic E-state index is 9.60. The molecular formula is C128H90N12. The van der Waals surface area contributed by atoms with E-state index in [9.17, 15) is 5.26 Å². The van der Waals surface area contributed by atoms with E-state index in [-0.39, 0.29) is 16.2 Å². The number of para-hydroxylation sites is 3. The van der Waals surface area contributed by atoms with E-state index in [0.717, 1.165) is 84.0 Å². The summed E-state index contributed by atoms with van der Waals surface area (Å²) in [5, 5.41) is 17.1. The van der Waals surface area contributed by atoms with E-state index in [0.29, 0.717) is 46.3 Å². The van der Waals surface area contributed by atoms with Gasteiger partial charge in [0.05, 0.1) is 56.1 Å². The zero-order chi connectivity index (χ0) is 94.1. The number of aromatic nitrogens is 11. The third-order valence-corrected chi connectivity index (χ3v) is 28.7. The van der Waals surface area contributed by atoms with Crippen LogP contribution in [0, 0.1) is 11.3 Å². The second-order valence-electron chi connectivity index (χ2n) is 38.0. The molecule has 0 unspecified atom stereocenters. The molecule has 0 saturated carbocycles. The molecule has 662 valence electrons. The van der Waals surface area contributed by atoms with Gasteiger partial charge in [0.1, 0.15) is 0 Å². The monoisotopic (exact) mass is 1790 g/mol. The van der Waals surface area contributed by atoms with Crippen molar-refractivity contribution in [3.63, 3.8) is 0 Å². The summed E-state index contributed by atoms with van der Waals surface area (Å²) in [4.78, 5) is 39.9. The van der Waals surface area contributed by atoms with Gasteiger partial charge in [0.15, 0.2) is 40.8 Å². The highest BCUT2D eigenvalue weighted by atomic mass is 15.1. The Morgan fingerprint density at radius 2 is 0.529 bits per heavy atom. The van der Waals surface area contributed by atoms with Crippen molar-refractivity contribution in [3.05, 3.63) is 476 Å². The summed E-state index contributed by atoms with van der Waals surface area (Å²) in [5.41, 5.74) is 36.9. The highest BCUT2D eigenvalue weighted by Gasteiger charge is 2.42. The maximum absolute atomic E-state index is 9.60. The topological polar surface area (TPSA) is 142 Å². The molecule has 0 saturated heterocycles. The zero-order valence-corrected chi connectivity index (χ0v) is 77.9. The summed E-state index contributed by atoms with van der Waals surface area (Å²) < 4.78 is 7.31. The third-order valence-electron chi connectivity index (χ3n) is 28.7. The van der Waals surface area contributed by atoms with E-state index in [1.54, 1.807) is 0 Å². The maximum Gasteiger partial charge on any atom is 0.164 e. The first kappa shape index (κ1) is 83.8. The lowest BCUT2D eigenvalue weighted by Gasteiger charge is -2.23. The molecule has 3 aliphatic rings. The van der Waals surface area contributed by atoms with Crippen LogP contribution in [-0.2, 0) is 16.2 Å². The van der Waals surface area contributed by atoms with E-state index in [4.69, 9.17) is 39.9 Å². The molecule has 0 N–H and O–H groups in total. The molecule has 3 aliphatic carbocycles. The van der Waals surface area contributed by atoms with Gasteiger partial charge in [-0.25, -0.2) is 39.9 Å². The van der Waals surface area contributed by atoms with E-state index >= 15 is 0 Å². The lowest BCUT2D eigenvalue weighted by Crippen LogP contribution is -2.16. The second-order valence-corrected chi connectivity index (χ2v) is 38.0. The van der Waals surface area contributed by atoms with Gasteiger partial charge in [-0.15, -0.1) is 0 Å². The quantitative estimate of drug-likeness (QED) is 0.117. The lowest BCUT2D eigenvalue weighted by molar-refractivity contribution is 0.661. The molecule has 0 radical (unpaired) electrons. The minimum atomic E-state index is -0.154. The molecule has 6 aromatic heterocycles. The number of benzene rings is 18. The Balaban J connectivity index is 0.000000111. The Labute approximate surface area is 811 Å². The van der Waals surface area contributed by atoms with Gasteiger partial charge in [0, 0.05) is 121 Å². The van der Waals surface area contributed by atoms with Crippen LogP contribution in [0.2, 0.25) is 0 Å². The Bertz CT molecular complexity index is 9030. The van der Waals surface area contributed by atoms with Crippen LogP contribution in [0.1, 0.15) is 80.5 Å². The summed E-state index contributed by atoms with van der Waals surface area (Å²) in [6.45, 7) is 14.1. The van der Waals surface area contributed by atoms with Crippen LogP contribution in [0.5, 0.6) is 0 Å². The molecular weight excluding hydrogens is 1710 g/mol. The molecule has 0 spiro atoms. The van der Waals surface area contributed by atoms with Gasteiger partial charge in [0.25, 0.3) is 0 Å². The SMILES string of the molecule is CC1(C)c2ccccc2-c2c1ccc1c3ccccc3n(-c3cccc(-c4nc(-c5ccccc5)cc(-c5cccc(C#N)c5)n4)c3)c21.CC1(C)c2ccccc2-c2ccc3c4ccccc4n(-c4ccc(-c5nc(-c6ccccc6)nc(-c6ccccc6)n5)cc4)c3c21.CC1(C)c2ccccc2-c2ccc3c4ccccc4n(-c4cccc(-c5nc(-c6ccccc6)nc(-c6ccccc6)n5)c4)c3c21. The van der Waals surface area contributed by atoms with Gasteiger partial charge in [0.2, 0.25) is 0 Å². The predicted octanol–water partition coefficient (Wildman–Crippen LogP) is 31.3. The Morgan fingerprint density at radius 3 is 0.971 bits per heavy atom. The highest BCUT2D eigenvalue weighted by molar-refractivity contribution is 6.17. The van der Waals surface area contributed by atoms with Crippen LogP contribution in [0.15, 0.2) is 437 Å². The number of nitrogens with zero attached hydrogens (tertiary/aromatic N) is 12. The van der Waals surface area contributed by atoms with Gasteiger partial charge < -0.3 is 13.7 Å². The first-order chi connectivity index (χ1) is 68.7. The molecule has 12 nitrogen and oxygen atoms in total. The van der Waals surface area contributed by atoms with Crippen molar-refractivity contribution in [1.29, 1.82) is 5.26 Å². The van der Waals surface area contributed by atoms with Crippen molar-refractivity contribution in [1.82, 2.24) is 53.6 Å². The van der Waals surface area contributed by atoms with Crippen LogP contribution in [0.25, 0.3) is 218 Å². The van der Waals surface area contributed by atoms with Gasteiger partial charge in [-0.05, 0) is 146 Å². The van der Waals surface area contributed by atoms with Crippen LogP contribution < -0.4 is 0 Å². The molecule has 12 heteroatoms. The number of hydrogen-bond donors (Lipinski definition) is 0. The van der Waals surface area contributed by atoms with Crippen LogP contribution in [-0.4, -0.2) is 53.6 Å². The number of nitriles is 1. The average molecular weight is 1800 g/mol. The third kappa shape index (κ3) is 13.9. The zero-order valence-electron chi connectivity index (χ0n) is 77.9. The smallest absolute Gasteiger partial charge is 0.164 e. The number of fused-ring (bicyclic) bond motifs is 21. The van der Waals surface area contributed by atoms with Gasteiger partial charge in [-0.2, -0.15) is 5.26 Å². The summed E-state index contributed by atoms with van der Waals surface area (Å²) >= 11 is 0. The summed E-state index contributed by atoms with van der Waals surface area (Å²) in [6, 6.07) is 155. The van der Waals surface area contributed by atoms with Crippen molar-refractivity contribution in [2.24, 2.45) is 0 Å². The van der Waals surface area contributed by atoms with Crippen LogP contribution in [0.4, 0.5) is 0 Å². The summed E-state index contributed by atoms with van der Waals surface area (Å²) in [5.74, 6) is 4.56. The summed E-state index contributed by atoms with van der Waals surface area (Å²) in [7, 11) is 0. The van der Waals surface area contributed by atoms with E-state index in [1.165, 1.54) is 127 Å². The fourth-order valence-electron chi connectivity index (χ4n) is 22.1. The molecule has 0 atom stereocenters. The van der Waals surface area contributed by atoms with E-state index in [2.05, 4.69) is 328 Å². The Kier molecular flexibility index (Phi) is 20.0. The number of hydrogen-bond acceptors (Lipinski definition) is 9. The number of rotatable bonds is 12. The molecule has 27 rings (SSSR count). The standard InChI is InChI=1S/C44H30N4.2C42H30N4/c1-44(2)36-20-8-6-19-35(36)41-37(44)23-22-34-33-18-7-9-21-40(33)48(42(34)41)32-17-11-16-31(25-32)43-46-38(29-13-4-3-5-14-29)26-39(47-43)30-15-10-12-28(24-30)27-45;1-42(2)35-22-11-9-20-31(35)33-24-25-34-32-21-10-12-23-36(32)46(38(34)37(33)42)30-19-13-18-29(26-30)41-44-39(27-14-5-3-6-15-27)43-40(45-41)28-16-7-4-8-17-28;1-42(2)35-19-11-9-17-31(35)33-25-26-34-32-18-10-12-20-36(32)46(38(34)37(33)42)30-23-21-29(22-24-30)41-44-39(27-13-5-3-6-14-27)43-40(45-41)28-15-7-4-8-16-28/h3-26H,1-2H3;2*3-26H,1-2H3.